The van der Waals surface area contributed by atoms with Crippen molar-refractivity contribution in [3.8, 4) is 11.8 Å². The van der Waals surface area contributed by atoms with Crippen molar-refractivity contribution < 1.29 is 4.74 Å². The second-order valence-corrected chi connectivity index (χ2v) is 6.40. The van der Waals surface area contributed by atoms with Gasteiger partial charge in [0.05, 0.1) is 12.7 Å². The van der Waals surface area contributed by atoms with Gasteiger partial charge < -0.3 is 10.1 Å². The summed E-state index contributed by atoms with van der Waals surface area (Å²) in [6.07, 6.45) is 0. The minimum atomic E-state index is 0.331. The predicted molar refractivity (Wildman–Crippen MR) is 75.9 cm³/mol. The second-order valence-electron chi connectivity index (χ2n) is 6.40. The van der Waals surface area contributed by atoms with Gasteiger partial charge in [-0.05, 0) is 28.5 Å². The third-order valence-corrected chi connectivity index (χ3v) is 4.92. The lowest BCUT2D eigenvalue weighted by Crippen LogP contribution is -2.21. The maximum Gasteiger partial charge on any atom is 0.136 e. The predicted octanol–water partition coefficient (Wildman–Crippen LogP) is 3.09. The molecule has 0 spiro atoms. The Morgan fingerprint density at radius 2 is 1.89 bits per heavy atom. The lowest BCUT2D eigenvalue weighted by molar-refractivity contribution is 0.413. The first-order valence-corrected chi connectivity index (χ1v) is 6.65. The van der Waals surface area contributed by atoms with Gasteiger partial charge in [0.1, 0.15) is 11.8 Å². The fourth-order valence-corrected chi connectivity index (χ4v) is 2.88. The Morgan fingerprint density at radius 3 is 2.37 bits per heavy atom. The average molecular weight is 258 g/mol. The number of hydrogen-bond acceptors (Lipinski definition) is 3. The van der Waals surface area contributed by atoms with Gasteiger partial charge in [0, 0.05) is 12.6 Å². The first-order chi connectivity index (χ1) is 8.84. The fourth-order valence-electron chi connectivity index (χ4n) is 2.88. The van der Waals surface area contributed by atoms with Crippen molar-refractivity contribution in [2.45, 2.75) is 40.3 Å². The van der Waals surface area contributed by atoms with Gasteiger partial charge in [-0.3, -0.25) is 0 Å². The van der Waals surface area contributed by atoms with Crippen LogP contribution in [0.1, 0.15) is 38.8 Å². The summed E-state index contributed by atoms with van der Waals surface area (Å²) in [5.74, 6) is 0.637. The number of nitrogens with one attached hydrogen (secondary N) is 1. The number of rotatable bonds is 4. The SMILES string of the molecule is COc1ccc(CNC2C(C)(C)C2(C)C)cc1C#N. The molecule has 0 saturated heterocycles. The Hall–Kier alpha value is -1.53. The van der Waals surface area contributed by atoms with Gasteiger partial charge in [0.2, 0.25) is 0 Å². The monoisotopic (exact) mass is 258 g/mol. The molecule has 0 unspecified atom stereocenters. The Labute approximate surface area is 115 Å². The molecule has 1 aliphatic carbocycles. The molecule has 0 amide bonds. The van der Waals surface area contributed by atoms with Gasteiger partial charge in [-0.15, -0.1) is 0 Å². The van der Waals surface area contributed by atoms with E-state index in [4.69, 9.17) is 10.00 Å². The Kier molecular flexibility index (Phi) is 3.32. The van der Waals surface area contributed by atoms with E-state index in [1.54, 1.807) is 7.11 Å². The number of benzene rings is 1. The number of nitriles is 1. The molecule has 3 nitrogen and oxygen atoms in total. The molecule has 1 N–H and O–H groups in total. The molecule has 0 aliphatic heterocycles. The highest BCUT2D eigenvalue weighted by Gasteiger charge is 2.64. The molecule has 19 heavy (non-hydrogen) atoms. The number of ether oxygens (including phenoxy) is 1. The molecule has 0 bridgehead atoms. The summed E-state index contributed by atoms with van der Waals surface area (Å²) in [7, 11) is 1.59. The second kappa shape index (κ2) is 4.54. The van der Waals surface area contributed by atoms with Crippen LogP contribution in [0, 0.1) is 22.2 Å². The molecular weight excluding hydrogens is 236 g/mol. The highest BCUT2D eigenvalue weighted by atomic mass is 16.5. The van der Waals surface area contributed by atoms with Crippen molar-refractivity contribution in [2.75, 3.05) is 7.11 Å². The van der Waals surface area contributed by atoms with Crippen molar-refractivity contribution in [1.82, 2.24) is 5.32 Å². The number of hydrogen-bond donors (Lipinski definition) is 1. The van der Waals surface area contributed by atoms with Crippen molar-refractivity contribution in [3.05, 3.63) is 29.3 Å². The molecule has 1 aromatic rings. The van der Waals surface area contributed by atoms with Crippen molar-refractivity contribution in [2.24, 2.45) is 10.8 Å². The highest BCUT2D eigenvalue weighted by Crippen LogP contribution is 2.62. The van der Waals surface area contributed by atoms with Gasteiger partial charge in [0.25, 0.3) is 0 Å². The fraction of sp³-hybridized carbons (Fsp3) is 0.562. The smallest absolute Gasteiger partial charge is 0.136 e. The van der Waals surface area contributed by atoms with Crippen LogP contribution in [-0.2, 0) is 6.54 Å². The van der Waals surface area contributed by atoms with E-state index in [1.807, 2.05) is 18.2 Å². The molecule has 0 radical (unpaired) electrons. The van der Waals surface area contributed by atoms with Crippen molar-refractivity contribution in [3.63, 3.8) is 0 Å². The largest absolute Gasteiger partial charge is 0.495 e. The summed E-state index contributed by atoms with van der Waals surface area (Å²) in [5, 5.41) is 12.7. The maximum absolute atomic E-state index is 9.08. The van der Waals surface area contributed by atoms with Crippen LogP contribution in [0.3, 0.4) is 0 Å². The molecule has 1 saturated carbocycles. The number of methoxy groups -OCH3 is 1. The molecule has 0 heterocycles. The van der Waals surface area contributed by atoms with Crippen molar-refractivity contribution in [1.29, 1.82) is 5.26 Å². The normalized spacial score (nSPS) is 19.8. The highest BCUT2D eigenvalue weighted by molar-refractivity contribution is 5.45. The molecule has 102 valence electrons. The molecule has 1 aromatic carbocycles. The zero-order chi connectivity index (χ0) is 14.3. The van der Waals surface area contributed by atoms with E-state index in [0.29, 0.717) is 28.2 Å². The maximum atomic E-state index is 9.08. The summed E-state index contributed by atoms with van der Waals surface area (Å²) in [6.45, 7) is 9.95. The molecule has 0 aromatic heterocycles. The van der Waals surface area contributed by atoms with Crippen LogP contribution in [0.5, 0.6) is 5.75 Å². The van der Waals surface area contributed by atoms with Gasteiger partial charge in [-0.2, -0.15) is 5.26 Å². The third-order valence-electron chi connectivity index (χ3n) is 4.92. The van der Waals surface area contributed by atoms with Crippen LogP contribution in [0.2, 0.25) is 0 Å². The Bertz CT molecular complexity index is 512. The minimum Gasteiger partial charge on any atom is -0.495 e. The van der Waals surface area contributed by atoms with E-state index in [2.05, 4.69) is 39.1 Å². The van der Waals surface area contributed by atoms with Crippen molar-refractivity contribution >= 4 is 0 Å². The van der Waals surface area contributed by atoms with Crippen LogP contribution in [0.25, 0.3) is 0 Å². The molecule has 1 fully saturated rings. The zero-order valence-electron chi connectivity index (χ0n) is 12.4. The summed E-state index contributed by atoms with van der Waals surface area (Å²) in [4.78, 5) is 0. The summed E-state index contributed by atoms with van der Waals surface area (Å²) < 4.78 is 5.15. The standard InChI is InChI=1S/C16H22N2O/c1-15(2)14(16(15,3)4)18-10-11-6-7-13(19-5)12(8-11)9-17/h6-8,14,18H,10H2,1-5H3. The van der Waals surface area contributed by atoms with E-state index in [1.165, 1.54) is 0 Å². The van der Waals surface area contributed by atoms with Gasteiger partial charge in [-0.25, -0.2) is 0 Å². The molecule has 0 atom stereocenters. The molecule has 2 rings (SSSR count). The quantitative estimate of drug-likeness (QED) is 0.902. The molecule has 1 aliphatic rings. The van der Waals surface area contributed by atoms with E-state index >= 15 is 0 Å². The van der Waals surface area contributed by atoms with Crippen LogP contribution < -0.4 is 10.1 Å². The summed E-state index contributed by atoms with van der Waals surface area (Å²) >= 11 is 0. The van der Waals surface area contributed by atoms with Crippen LogP contribution >= 0.6 is 0 Å². The molecule has 3 heteroatoms. The lowest BCUT2D eigenvalue weighted by Gasteiger charge is -2.09. The Balaban J connectivity index is 2.04. The van der Waals surface area contributed by atoms with Crippen LogP contribution in [-0.4, -0.2) is 13.2 Å². The van der Waals surface area contributed by atoms with E-state index in [-0.39, 0.29) is 0 Å². The van der Waals surface area contributed by atoms with E-state index in [9.17, 15) is 0 Å². The third kappa shape index (κ3) is 2.21. The van der Waals surface area contributed by atoms with Gasteiger partial charge >= 0.3 is 0 Å². The Morgan fingerprint density at radius 1 is 1.26 bits per heavy atom. The minimum absolute atomic E-state index is 0.331. The summed E-state index contributed by atoms with van der Waals surface area (Å²) in [6, 6.07) is 8.46. The van der Waals surface area contributed by atoms with Gasteiger partial charge in [-0.1, -0.05) is 33.8 Å². The summed E-state index contributed by atoms with van der Waals surface area (Å²) in [5.41, 5.74) is 2.38. The van der Waals surface area contributed by atoms with Crippen LogP contribution in [0.15, 0.2) is 18.2 Å². The first-order valence-electron chi connectivity index (χ1n) is 6.65. The average Bonchev–Trinajstić information content (AvgIpc) is 2.76. The zero-order valence-corrected chi connectivity index (χ0v) is 12.4. The first kappa shape index (κ1) is 13.9. The molecular formula is C16H22N2O. The topological polar surface area (TPSA) is 45.0 Å². The van der Waals surface area contributed by atoms with E-state index < -0.39 is 0 Å². The van der Waals surface area contributed by atoms with Gasteiger partial charge in [0.15, 0.2) is 0 Å². The number of nitrogens with zero attached hydrogens (tertiary/aromatic N) is 1. The van der Waals surface area contributed by atoms with E-state index in [0.717, 1.165) is 12.1 Å². The lowest BCUT2D eigenvalue weighted by atomic mass is 10.0. The van der Waals surface area contributed by atoms with Crippen LogP contribution in [0.4, 0.5) is 0 Å².